The molecule has 9 nitrogen and oxygen atoms in total. The highest BCUT2D eigenvalue weighted by atomic mass is 35.5. The van der Waals surface area contributed by atoms with Crippen LogP contribution in [0.3, 0.4) is 0 Å². The fourth-order valence-electron chi connectivity index (χ4n) is 2.12. The van der Waals surface area contributed by atoms with Crippen LogP contribution in [-0.4, -0.2) is 51.3 Å². The van der Waals surface area contributed by atoms with Crippen LogP contribution in [0.25, 0.3) is 11.2 Å². The molecule has 0 radical (unpaired) electrons. The Morgan fingerprint density at radius 2 is 2.00 bits per heavy atom. The minimum absolute atomic E-state index is 0.0416. The zero-order valence-electron chi connectivity index (χ0n) is 13.4. The van der Waals surface area contributed by atoms with Crippen molar-refractivity contribution >= 4 is 52.0 Å². The molecule has 3 aromatic rings. The summed E-state index contributed by atoms with van der Waals surface area (Å²) in [4.78, 5) is 26.6. The molecular weight excluding hydrogens is 385 g/mol. The number of nitrogens with one attached hydrogen (secondary N) is 2. The van der Waals surface area contributed by atoms with Gasteiger partial charge in [-0.05, 0) is 6.07 Å². The molecule has 0 aliphatic rings. The third-order valence-corrected chi connectivity index (χ3v) is 3.86. The lowest BCUT2D eigenvalue weighted by molar-refractivity contribution is 0.0688. The van der Waals surface area contributed by atoms with Crippen LogP contribution >= 0.6 is 23.2 Å². The molecule has 0 bridgehead atoms. The van der Waals surface area contributed by atoms with Crippen molar-refractivity contribution in [1.29, 1.82) is 0 Å². The Kier molecular flexibility index (Phi) is 5.40. The molecule has 11 heteroatoms. The number of aromatic amines is 1. The monoisotopic (exact) mass is 397 g/mol. The molecule has 0 aliphatic heterocycles. The first-order valence-corrected chi connectivity index (χ1v) is 8.07. The van der Waals surface area contributed by atoms with Crippen LogP contribution in [0, 0.1) is 0 Å². The zero-order chi connectivity index (χ0) is 18.7. The Bertz CT molecular complexity index is 942. The first-order chi connectivity index (χ1) is 12.5. The maximum Gasteiger partial charge on any atom is 0.341 e. The van der Waals surface area contributed by atoms with Crippen molar-refractivity contribution in [3.8, 4) is 5.88 Å². The van der Waals surface area contributed by atoms with Crippen LogP contribution in [0.15, 0.2) is 18.5 Å². The standard InChI is InChI=1S/C15H13Cl2N5O4/c1-25-2-3-26-13-7(14(23)24)4-10-12(21-13)22-15(19-10)20-11-8(16)5-18-6-9(11)17/h4-6H,2-3H2,1H3,(H,23,24)(H2,18,19,20,21,22). The SMILES string of the molecule is COCCOc1nc2nc(Nc3c(Cl)cncc3Cl)[nH]c2cc1C(=O)O. The summed E-state index contributed by atoms with van der Waals surface area (Å²) in [6.07, 6.45) is 2.86. The first-order valence-electron chi connectivity index (χ1n) is 7.31. The van der Waals surface area contributed by atoms with Crippen molar-refractivity contribution < 1.29 is 19.4 Å². The molecule has 0 aromatic carbocycles. The maximum atomic E-state index is 11.4. The van der Waals surface area contributed by atoms with Crippen molar-refractivity contribution in [3.63, 3.8) is 0 Å². The minimum atomic E-state index is -1.17. The second-order valence-corrected chi connectivity index (χ2v) is 5.86. The molecule has 0 amide bonds. The third-order valence-electron chi connectivity index (χ3n) is 3.29. The number of carboxylic acid groups (broad SMARTS) is 1. The van der Waals surface area contributed by atoms with E-state index in [2.05, 4.69) is 25.3 Å². The number of aromatic carboxylic acids is 1. The highest BCUT2D eigenvalue weighted by Gasteiger charge is 2.18. The van der Waals surface area contributed by atoms with Crippen LogP contribution in [0.1, 0.15) is 10.4 Å². The van der Waals surface area contributed by atoms with Gasteiger partial charge in [0.2, 0.25) is 11.8 Å². The van der Waals surface area contributed by atoms with E-state index in [9.17, 15) is 9.90 Å². The van der Waals surface area contributed by atoms with Crippen LogP contribution in [-0.2, 0) is 4.74 Å². The quantitative estimate of drug-likeness (QED) is 0.519. The van der Waals surface area contributed by atoms with E-state index in [4.69, 9.17) is 32.7 Å². The normalized spacial score (nSPS) is 10.9. The summed E-state index contributed by atoms with van der Waals surface area (Å²) in [5.74, 6) is -0.927. The van der Waals surface area contributed by atoms with Gasteiger partial charge in [0.15, 0.2) is 5.65 Å². The van der Waals surface area contributed by atoms with Crippen molar-refractivity contribution in [2.24, 2.45) is 0 Å². The predicted molar refractivity (Wildman–Crippen MR) is 95.8 cm³/mol. The topological polar surface area (TPSA) is 122 Å². The number of imidazole rings is 1. The molecule has 0 spiro atoms. The number of nitrogens with zero attached hydrogens (tertiary/aromatic N) is 3. The Hall–Kier alpha value is -2.62. The number of methoxy groups -OCH3 is 1. The second kappa shape index (κ2) is 7.73. The summed E-state index contributed by atoms with van der Waals surface area (Å²) < 4.78 is 10.3. The van der Waals surface area contributed by atoms with E-state index in [1.54, 1.807) is 0 Å². The number of pyridine rings is 2. The fourth-order valence-corrected chi connectivity index (χ4v) is 2.58. The number of aromatic nitrogens is 4. The number of hydrogen-bond acceptors (Lipinski definition) is 7. The molecule has 0 saturated carbocycles. The summed E-state index contributed by atoms with van der Waals surface area (Å²) in [6.45, 7) is 0.457. The van der Waals surface area contributed by atoms with Gasteiger partial charge in [0.05, 0.1) is 27.9 Å². The number of carboxylic acids is 1. The molecule has 26 heavy (non-hydrogen) atoms. The number of anilines is 2. The maximum absolute atomic E-state index is 11.4. The van der Waals surface area contributed by atoms with Gasteiger partial charge >= 0.3 is 5.97 Å². The van der Waals surface area contributed by atoms with Gasteiger partial charge in [-0.1, -0.05) is 23.2 Å². The number of carbonyl (C=O) groups is 1. The number of halogens is 2. The highest BCUT2D eigenvalue weighted by molar-refractivity contribution is 6.39. The Balaban J connectivity index is 1.96. The Morgan fingerprint density at radius 1 is 1.27 bits per heavy atom. The average molecular weight is 398 g/mol. The number of H-pyrrole nitrogens is 1. The lowest BCUT2D eigenvalue weighted by Crippen LogP contribution is -2.10. The zero-order valence-corrected chi connectivity index (χ0v) is 14.9. The molecule has 0 unspecified atom stereocenters. The molecule has 3 heterocycles. The van der Waals surface area contributed by atoms with E-state index in [1.807, 2.05) is 0 Å². The molecule has 3 aromatic heterocycles. The van der Waals surface area contributed by atoms with E-state index >= 15 is 0 Å². The van der Waals surface area contributed by atoms with Crippen molar-refractivity contribution in [3.05, 3.63) is 34.1 Å². The van der Waals surface area contributed by atoms with Crippen molar-refractivity contribution in [1.82, 2.24) is 19.9 Å². The van der Waals surface area contributed by atoms with E-state index in [1.165, 1.54) is 25.6 Å². The number of hydrogen-bond donors (Lipinski definition) is 3. The van der Waals surface area contributed by atoms with E-state index in [0.717, 1.165) is 0 Å². The number of fused-ring (bicyclic) bond motifs is 1. The molecule has 3 N–H and O–H groups in total. The van der Waals surface area contributed by atoms with E-state index in [-0.39, 0.29) is 29.6 Å². The van der Waals surface area contributed by atoms with Crippen molar-refractivity contribution in [2.45, 2.75) is 0 Å². The van der Waals surface area contributed by atoms with Crippen LogP contribution in [0.2, 0.25) is 10.0 Å². The summed E-state index contributed by atoms with van der Waals surface area (Å²) >= 11 is 12.1. The lowest BCUT2D eigenvalue weighted by Gasteiger charge is -2.07. The fraction of sp³-hybridized carbons (Fsp3) is 0.200. The molecule has 0 fully saturated rings. The minimum Gasteiger partial charge on any atom is -0.477 e. The Labute approximate surface area is 157 Å². The van der Waals surface area contributed by atoms with E-state index < -0.39 is 5.97 Å². The van der Waals surface area contributed by atoms with Gasteiger partial charge in [0.25, 0.3) is 0 Å². The van der Waals surface area contributed by atoms with Gasteiger partial charge in [-0.15, -0.1) is 0 Å². The second-order valence-electron chi connectivity index (χ2n) is 5.05. The van der Waals surface area contributed by atoms with Gasteiger partial charge in [-0.25, -0.2) is 4.79 Å². The first kappa shape index (κ1) is 18.2. The molecule has 0 aliphatic carbocycles. The molecule has 136 valence electrons. The summed E-state index contributed by atoms with van der Waals surface area (Å²) in [6, 6.07) is 1.39. The van der Waals surface area contributed by atoms with Gasteiger partial charge in [0.1, 0.15) is 12.2 Å². The number of ether oxygens (including phenoxy) is 2. The number of rotatable bonds is 7. The van der Waals surface area contributed by atoms with Crippen LogP contribution in [0.4, 0.5) is 11.6 Å². The third kappa shape index (κ3) is 3.79. The molecular formula is C15H13Cl2N5O4. The summed E-state index contributed by atoms with van der Waals surface area (Å²) in [5.41, 5.74) is 0.998. The van der Waals surface area contributed by atoms with Crippen LogP contribution < -0.4 is 10.1 Å². The predicted octanol–water partition coefficient (Wildman–Crippen LogP) is 3.13. The average Bonchev–Trinajstić information content (AvgIpc) is 2.99. The molecule has 0 atom stereocenters. The van der Waals surface area contributed by atoms with Gasteiger partial charge in [-0.3, -0.25) is 4.98 Å². The van der Waals surface area contributed by atoms with Gasteiger partial charge in [-0.2, -0.15) is 9.97 Å². The molecule has 3 rings (SSSR count). The highest BCUT2D eigenvalue weighted by Crippen LogP contribution is 2.31. The van der Waals surface area contributed by atoms with Gasteiger partial charge in [0, 0.05) is 19.5 Å². The Morgan fingerprint density at radius 3 is 2.65 bits per heavy atom. The van der Waals surface area contributed by atoms with Crippen LogP contribution in [0.5, 0.6) is 5.88 Å². The summed E-state index contributed by atoms with van der Waals surface area (Å²) in [5, 5.41) is 12.9. The van der Waals surface area contributed by atoms with E-state index in [0.29, 0.717) is 27.9 Å². The largest absolute Gasteiger partial charge is 0.477 e. The smallest absolute Gasteiger partial charge is 0.341 e. The molecule has 0 saturated heterocycles. The summed E-state index contributed by atoms with van der Waals surface area (Å²) in [7, 11) is 1.51. The van der Waals surface area contributed by atoms with Crippen molar-refractivity contribution in [2.75, 3.05) is 25.6 Å². The lowest BCUT2D eigenvalue weighted by atomic mass is 10.2. The van der Waals surface area contributed by atoms with Gasteiger partial charge < -0.3 is 24.9 Å².